The van der Waals surface area contributed by atoms with Crippen LogP contribution in [0.3, 0.4) is 0 Å². The predicted octanol–water partition coefficient (Wildman–Crippen LogP) is 5.42. The molecule has 2 fully saturated rings. The van der Waals surface area contributed by atoms with Crippen LogP contribution < -0.4 is 15.5 Å². The molecule has 4 rings (SSSR count). The maximum absolute atomic E-state index is 14.2. The van der Waals surface area contributed by atoms with Gasteiger partial charge in [0.2, 0.25) is 5.91 Å². The first-order valence-corrected chi connectivity index (χ1v) is 14.6. The predicted molar refractivity (Wildman–Crippen MR) is 152 cm³/mol. The van der Waals surface area contributed by atoms with Crippen molar-refractivity contribution in [1.29, 1.82) is 0 Å². The molecule has 1 aliphatic carbocycles. The van der Waals surface area contributed by atoms with Gasteiger partial charge in [-0.15, -0.1) is 11.3 Å². The summed E-state index contributed by atoms with van der Waals surface area (Å²) in [6.45, 7) is 6.59. The number of anilines is 2. The molecule has 13 heteroatoms. The van der Waals surface area contributed by atoms with E-state index in [-0.39, 0.29) is 43.4 Å². The number of carbonyl (C=O) groups is 3. The lowest BCUT2D eigenvalue weighted by Gasteiger charge is -2.44. The highest BCUT2D eigenvalue weighted by molar-refractivity contribution is 7.18. The van der Waals surface area contributed by atoms with Gasteiger partial charge in [0, 0.05) is 31.4 Å². The van der Waals surface area contributed by atoms with Crippen molar-refractivity contribution in [3.63, 3.8) is 0 Å². The maximum Gasteiger partial charge on any atom is 0.418 e. The lowest BCUT2D eigenvalue weighted by atomic mass is 9.86. The molecule has 1 aliphatic heterocycles. The molecule has 1 aromatic heterocycles. The van der Waals surface area contributed by atoms with Crippen LogP contribution in [0.15, 0.2) is 30.3 Å². The van der Waals surface area contributed by atoms with Crippen LogP contribution in [0.25, 0.3) is 0 Å². The summed E-state index contributed by atoms with van der Waals surface area (Å²) in [7, 11) is 0. The summed E-state index contributed by atoms with van der Waals surface area (Å²) in [6, 6.07) is 5.72. The summed E-state index contributed by atoms with van der Waals surface area (Å²) in [5, 5.41) is 5.28. The average Bonchev–Trinajstić information content (AvgIpc) is 3.28. The number of amides is 3. The highest BCUT2D eigenvalue weighted by atomic mass is 35.5. The Labute approximate surface area is 246 Å². The molecule has 2 aromatic rings. The van der Waals surface area contributed by atoms with Gasteiger partial charge in [-0.05, 0) is 48.6 Å². The second-order valence-electron chi connectivity index (χ2n) is 11.5. The van der Waals surface area contributed by atoms with E-state index in [0.717, 1.165) is 36.7 Å². The monoisotopic (exact) mass is 614 g/mol. The fraction of sp³-hybridized carbons (Fsp3) is 0.536. The molecule has 1 saturated carbocycles. The summed E-state index contributed by atoms with van der Waals surface area (Å²) < 4.78 is 48.1. The Hall–Kier alpha value is -2.67. The van der Waals surface area contributed by atoms with Crippen LogP contribution in [0, 0.1) is 5.41 Å². The van der Waals surface area contributed by atoms with Crippen LogP contribution in [0.5, 0.6) is 0 Å². The Balaban J connectivity index is 1.62. The maximum atomic E-state index is 14.2. The number of ether oxygens (including phenoxy) is 1. The summed E-state index contributed by atoms with van der Waals surface area (Å²) in [5.41, 5.74) is -1.63. The quantitative estimate of drug-likeness (QED) is 0.394. The smallest absolute Gasteiger partial charge is 0.370 e. The van der Waals surface area contributed by atoms with E-state index in [4.69, 9.17) is 16.3 Å². The number of carbonyl (C=O) groups excluding carboxylic acids is 3. The van der Waals surface area contributed by atoms with E-state index >= 15 is 0 Å². The van der Waals surface area contributed by atoms with Gasteiger partial charge >= 0.3 is 6.18 Å². The van der Waals surface area contributed by atoms with Gasteiger partial charge in [0.05, 0.1) is 27.1 Å². The first-order valence-electron chi connectivity index (χ1n) is 13.4. The molecule has 8 nitrogen and oxygen atoms in total. The molecule has 3 amide bonds. The minimum atomic E-state index is -4.80. The standard InChI is InChI=1S/C28H34ClF3N4O4S/c1-27(2,3)16-36(17-5-4-6-17)21(14-33-26(39)22-9-10-23(29)41-22)25(38)34-20-8-7-18(13-19(20)28(30,31)32)35-11-12-40-15-24(35)37/h7-10,13,17,21H,4-6,11-12,14-16H2,1-3H3,(H,33,39)(H,34,38)/t21-/m0/s1. The van der Waals surface area contributed by atoms with Gasteiger partial charge in [0.15, 0.2) is 0 Å². The molecular weight excluding hydrogens is 581 g/mol. The van der Waals surface area contributed by atoms with E-state index in [2.05, 4.69) is 10.6 Å². The molecule has 0 radical (unpaired) electrons. The molecule has 0 bridgehead atoms. The number of halogens is 4. The molecule has 1 atom stereocenters. The highest BCUT2D eigenvalue weighted by Crippen LogP contribution is 2.38. The molecule has 2 heterocycles. The van der Waals surface area contributed by atoms with E-state index in [9.17, 15) is 27.6 Å². The van der Waals surface area contributed by atoms with Crippen molar-refractivity contribution in [2.75, 3.05) is 43.1 Å². The van der Waals surface area contributed by atoms with E-state index in [1.54, 1.807) is 12.1 Å². The average molecular weight is 615 g/mol. The van der Waals surface area contributed by atoms with Gasteiger partial charge in [-0.1, -0.05) is 38.8 Å². The van der Waals surface area contributed by atoms with Crippen molar-refractivity contribution in [2.45, 2.75) is 58.3 Å². The van der Waals surface area contributed by atoms with Gasteiger partial charge in [0.1, 0.15) is 12.6 Å². The summed E-state index contributed by atoms with van der Waals surface area (Å²) in [4.78, 5) is 42.4. The number of benzene rings is 1. The summed E-state index contributed by atoms with van der Waals surface area (Å²) in [6.07, 6.45) is -2.11. The fourth-order valence-electron chi connectivity index (χ4n) is 4.88. The molecular formula is C28H34ClF3N4O4S. The van der Waals surface area contributed by atoms with Crippen molar-refractivity contribution < 1.29 is 32.3 Å². The first kappa shape index (κ1) is 31.3. The summed E-state index contributed by atoms with van der Waals surface area (Å²) in [5.74, 6) is -1.52. The van der Waals surface area contributed by atoms with Crippen LogP contribution in [0.2, 0.25) is 4.34 Å². The number of nitrogens with zero attached hydrogens (tertiary/aromatic N) is 2. The molecule has 41 heavy (non-hydrogen) atoms. The number of hydrogen-bond acceptors (Lipinski definition) is 6. The third kappa shape index (κ3) is 8.00. The van der Waals surface area contributed by atoms with Crippen molar-refractivity contribution in [1.82, 2.24) is 10.2 Å². The molecule has 0 unspecified atom stereocenters. The van der Waals surface area contributed by atoms with E-state index in [1.807, 2.05) is 25.7 Å². The molecule has 224 valence electrons. The van der Waals surface area contributed by atoms with E-state index in [1.165, 1.54) is 17.0 Å². The number of alkyl halides is 3. The van der Waals surface area contributed by atoms with Crippen LogP contribution in [-0.4, -0.2) is 67.6 Å². The van der Waals surface area contributed by atoms with Gasteiger partial charge in [-0.25, -0.2) is 0 Å². The second-order valence-corrected chi connectivity index (χ2v) is 13.2. The van der Waals surface area contributed by atoms with Crippen LogP contribution >= 0.6 is 22.9 Å². The number of rotatable bonds is 9. The zero-order valence-electron chi connectivity index (χ0n) is 23.1. The van der Waals surface area contributed by atoms with Gasteiger partial charge in [-0.3, -0.25) is 19.3 Å². The Kier molecular flexibility index (Phi) is 9.67. The molecule has 2 aliphatic rings. The van der Waals surface area contributed by atoms with Crippen LogP contribution in [0.1, 0.15) is 55.3 Å². The Morgan fingerprint density at radius 1 is 1.20 bits per heavy atom. The Bertz CT molecular complexity index is 1280. The SMILES string of the molecule is CC(C)(C)CN(C1CCC1)[C@@H](CNC(=O)c1ccc(Cl)s1)C(=O)Nc1ccc(N2CCOCC2=O)cc1C(F)(F)F. The van der Waals surface area contributed by atoms with Crippen molar-refractivity contribution in [2.24, 2.45) is 5.41 Å². The van der Waals surface area contributed by atoms with Crippen LogP contribution in [0.4, 0.5) is 24.5 Å². The second kappa shape index (κ2) is 12.7. The van der Waals surface area contributed by atoms with Crippen molar-refractivity contribution in [3.8, 4) is 0 Å². The molecule has 0 spiro atoms. The lowest BCUT2D eigenvalue weighted by molar-refractivity contribution is -0.137. The van der Waals surface area contributed by atoms with Gasteiger partial charge in [-0.2, -0.15) is 13.2 Å². The third-order valence-electron chi connectivity index (χ3n) is 7.02. The largest absolute Gasteiger partial charge is 0.418 e. The topological polar surface area (TPSA) is 91.0 Å². The number of nitrogens with one attached hydrogen (secondary N) is 2. The number of thiophene rings is 1. The molecule has 1 saturated heterocycles. The minimum Gasteiger partial charge on any atom is -0.370 e. The third-order valence-corrected chi connectivity index (χ3v) is 8.25. The fourth-order valence-corrected chi connectivity index (χ4v) is 5.84. The van der Waals surface area contributed by atoms with E-state index in [0.29, 0.717) is 15.8 Å². The van der Waals surface area contributed by atoms with Gasteiger partial charge in [0.25, 0.3) is 11.8 Å². The summed E-state index contributed by atoms with van der Waals surface area (Å²) >= 11 is 7.06. The Morgan fingerprint density at radius 3 is 2.49 bits per heavy atom. The number of hydrogen-bond donors (Lipinski definition) is 2. The zero-order chi connectivity index (χ0) is 29.9. The first-order chi connectivity index (χ1) is 19.2. The zero-order valence-corrected chi connectivity index (χ0v) is 24.7. The molecule has 2 N–H and O–H groups in total. The normalized spacial score (nSPS) is 17.4. The van der Waals surface area contributed by atoms with Gasteiger partial charge < -0.3 is 20.3 Å². The van der Waals surface area contributed by atoms with Crippen LogP contribution in [-0.2, 0) is 20.5 Å². The number of morpholine rings is 1. The molecule has 1 aromatic carbocycles. The van der Waals surface area contributed by atoms with E-state index < -0.39 is 41.2 Å². The van der Waals surface area contributed by atoms with Crippen molar-refractivity contribution >= 4 is 52.0 Å². The minimum absolute atomic E-state index is 0.0647. The Morgan fingerprint density at radius 2 is 1.93 bits per heavy atom. The lowest BCUT2D eigenvalue weighted by Crippen LogP contribution is -2.58. The van der Waals surface area contributed by atoms with Crippen molar-refractivity contribution in [3.05, 3.63) is 45.1 Å². The highest BCUT2D eigenvalue weighted by Gasteiger charge is 2.39.